The van der Waals surface area contributed by atoms with Crippen LogP contribution in [-0.2, 0) is 0 Å². The first kappa shape index (κ1) is 13.9. The fraction of sp³-hybridized carbons (Fsp3) is 0.455. The van der Waals surface area contributed by atoms with Gasteiger partial charge >= 0.3 is 0 Å². The molecule has 1 aromatic carbocycles. The third-order valence-electron chi connectivity index (χ3n) is 2.17. The molecule has 0 aliphatic carbocycles. The van der Waals surface area contributed by atoms with Crippen LogP contribution in [-0.4, -0.2) is 0 Å². The molecule has 0 aliphatic heterocycles. The minimum absolute atomic E-state index is 0. The van der Waals surface area contributed by atoms with E-state index >= 15 is 0 Å². The van der Waals surface area contributed by atoms with Gasteiger partial charge in [0.25, 0.3) is 0 Å². The molecule has 0 heterocycles. The molecule has 0 radical (unpaired) electrons. The molecule has 0 aromatic heterocycles. The summed E-state index contributed by atoms with van der Waals surface area (Å²) in [4.78, 5) is 0. The van der Waals surface area contributed by atoms with Gasteiger partial charge in [0, 0.05) is 10.5 Å². The van der Waals surface area contributed by atoms with Gasteiger partial charge in [-0.2, -0.15) is 0 Å². The maximum Gasteiger partial charge on any atom is 0.0306 e. The number of benzene rings is 1. The largest absolute Gasteiger partial charge is 0.324 e. The van der Waals surface area contributed by atoms with E-state index in [0.29, 0.717) is 0 Å². The van der Waals surface area contributed by atoms with Crippen molar-refractivity contribution in [2.24, 2.45) is 5.73 Å². The molecule has 1 rings (SSSR count). The van der Waals surface area contributed by atoms with Crippen molar-refractivity contribution in [2.75, 3.05) is 0 Å². The van der Waals surface area contributed by atoms with Crippen molar-refractivity contribution < 1.29 is 0 Å². The fourth-order valence-corrected chi connectivity index (χ4v) is 1.93. The Labute approximate surface area is 101 Å². The summed E-state index contributed by atoms with van der Waals surface area (Å²) < 4.78 is 1.12. The Hall–Kier alpha value is -0.0500. The minimum atomic E-state index is 0. The molecule has 0 bridgehead atoms. The molecule has 1 aromatic rings. The summed E-state index contributed by atoms with van der Waals surface area (Å²) in [6.45, 7) is 2.19. The van der Waals surface area contributed by atoms with Crippen molar-refractivity contribution >= 4 is 28.3 Å². The van der Waals surface area contributed by atoms with Gasteiger partial charge in [-0.15, -0.1) is 12.4 Å². The van der Waals surface area contributed by atoms with Crippen LogP contribution in [0.1, 0.15) is 37.8 Å². The maximum atomic E-state index is 6.05. The maximum absolute atomic E-state index is 6.05. The van der Waals surface area contributed by atoms with E-state index in [4.69, 9.17) is 5.73 Å². The normalized spacial score (nSPS) is 11.9. The van der Waals surface area contributed by atoms with Crippen LogP contribution in [0.25, 0.3) is 0 Å². The van der Waals surface area contributed by atoms with Gasteiger partial charge in [0.05, 0.1) is 0 Å². The van der Waals surface area contributed by atoms with Gasteiger partial charge in [-0.05, 0) is 18.1 Å². The summed E-state index contributed by atoms with van der Waals surface area (Å²) in [5, 5.41) is 0. The Balaban J connectivity index is 0.00000169. The van der Waals surface area contributed by atoms with Gasteiger partial charge in [0.1, 0.15) is 0 Å². The van der Waals surface area contributed by atoms with E-state index in [9.17, 15) is 0 Å². The van der Waals surface area contributed by atoms with Crippen LogP contribution in [0.15, 0.2) is 28.7 Å². The van der Waals surface area contributed by atoms with Crippen molar-refractivity contribution in [1.82, 2.24) is 0 Å². The molecule has 1 atom stereocenters. The minimum Gasteiger partial charge on any atom is -0.324 e. The van der Waals surface area contributed by atoms with Gasteiger partial charge in [0.15, 0.2) is 0 Å². The molecular weight excluding hydrogens is 261 g/mol. The highest BCUT2D eigenvalue weighted by Gasteiger charge is 2.07. The van der Waals surface area contributed by atoms with Crippen LogP contribution < -0.4 is 5.73 Å². The molecule has 0 aliphatic rings. The lowest BCUT2D eigenvalue weighted by molar-refractivity contribution is 0.601. The first-order valence-corrected chi connectivity index (χ1v) is 5.55. The molecule has 0 amide bonds. The van der Waals surface area contributed by atoms with Crippen LogP contribution in [0.5, 0.6) is 0 Å². The van der Waals surface area contributed by atoms with Crippen molar-refractivity contribution in [3.8, 4) is 0 Å². The lowest BCUT2D eigenvalue weighted by Crippen LogP contribution is -2.10. The van der Waals surface area contributed by atoms with Gasteiger partial charge in [-0.1, -0.05) is 53.9 Å². The van der Waals surface area contributed by atoms with Crippen molar-refractivity contribution in [3.05, 3.63) is 34.3 Å². The summed E-state index contributed by atoms with van der Waals surface area (Å²) >= 11 is 3.51. The lowest BCUT2D eigenvalue weighted by atomic mass is 10.0. The number of halogens is 2. The molecule has 0 unspecified atom stereocenters. The average Bonchev–Trinajstić information content (AvgIpc) is 2.15. The second-order valence-corrected chi connectivity index (χ2v) is 4.12. The smallest absolute Gasteiger partial charge is 0.0306 e. The third kappa shape index (κ3) is 3.99. The van der Waals surface area contributed by atoms with Crippen LogP contribution in [0.4, 0.5) is 0 Å². The summed E-state index contributed by atoms with van der Waals surface area (Å²) in [6, 6.07) is 8.35. The number of rotatable bonds is 4. The van der Waals surface area contributed by atoms with Crippen LogP contribution in [0.3, 0.4) is 0 Å². The molecule has 0 saturated heterocycles. The molecule has 80 valence electrons. The zero-order valence-corrected chi connectivity index (χ0v) is 10.8. The number of unbranched alkanes of at least 4 members (excludes halogenated alkanes) is 1. The van der Waals surface area contributed by atoms with Gasteiger partial charge in [0.2, 0.25) is 0 Å². The molecular formula is C11H17BrClN. The Morgan fingerprint density at radius 2 is 2.00 bits per heavy atom. The molecule has 1 nitrogen and oxygen atoms in total. The predicted octanol–water partition coefficient (Wildman–Crippen LogP) is 4.06. The second kappa shape index (κ2) is 7.27. The SMILES string of the molecule is CCCC[C@H](N)c1ccccc1Br.Cl. The third-order valence-corrected chi connectivity index (χ3v) is 2.90. The van der Waals surface area contributed by atoms with Crippen molar-refractivity contribution in [3.63, 3.8) is 0 Å². The van der Waals surface area contributed by atoms with Gasteiger partial charge in [-0.3, -0.25) is 0 Å². The first-order chi connectivity index (χ1) is 6.25. The van der Waals surface area contributed by atoms with Crippen LogP contribution >= 0.6 is 28.3 Å². The number of hydrogen-bond donors (Lipinski definition) is 1. The zero-order chi connectivity index (χ0) is 9.68. The summed E-state index contributed by atoms with van der Waals surface area (Å²) in [6.07, 6.45) is 3.47. The van der Waals surface area contributed by atoms with Crippen LogP contribution in [0.2, 0.25) is 0 Å². The Bertz CT molecular complexity index is 265. The molecule has 3 heteroatoms. The summed E-state index contributed by atoms with van der Waals surface area (Å²) in [5.41, 5.74) is 7.27. The van der Waals surface area contributed by atoms with E-state index in [1.807, 2.05) is 18.2 Å². The van der Waals surface area contributed by atoms with E-state index in [2.05, 4.69) is 28.9 Å². The second-order valence-electron chi connectivity index (χ2n) is 3.27. The average molecular weight is 279 g/mol. The Kier molecular flexibility index (Phi) is 7.24. The highest BCUT2D eigenvalue weighted by atomic mass is 79.9. The predicted molar refractivity (Wildman–Crippen MR) is 67.8 cm³/mol. The number of hydrogen-bond acceptors (Lipinski definition) is 1. The monoisotopic (exact) mass is 277 g/mol. The van der Waals surface area contributed by atoms with Crippen LogP contribution in [0, 0.1) is 0 Å². The molecule has 14 heavy (non-hydrogen) atoms. The van der Waals surface area contributed by atoms with Crippen molar-refractivity contribution in [1.29, 1.82) is 0 Å². The summed E-state index contributed by atoms with van der Waals surface area (Å²) in [7, 11) is 0. The standard InChI is InChI=1S/C11H16BrN.ClH/c1-2-3-8-11(13)9-6-4-5-7-10(9)12;/h4-7,11H,2-3,8,13H2,1H3;1H/t11-;/m0./s1. The van der Waals surface area contributed by atoms with E-state index in [0.717, 1.165) is 10.9 Å². The highest BCUT2D eigenvalue weighted by Crippen LogP contribution is 2.24. The van der Waals surface area contributed by atoms with E-state index in [1.165, 1.54) is 18.4 Å². The van der Waals surface area contributed by atoms with E-state index in [-0.39, 0.29) is 18.4 Å². The molecule has 0 spiro atoms. The number of nitrogens with two attached hydrogens (primary N) is 1. The van der Waals surface area contributed by atoms with E-state index < -0.39 is 0 Å². The molecule has 2 N–H and O–H groups in total. The molecule has 0 fully saturated rings. The van der Waals surface area contributed by atoms with Gasteiger partial charge < -0.3 is 5.73 Å². The summed E-state index contributed by atoms with van der Waals surface area (Å²) in [5.74, 6) is 0. The quantitative estimate of drug-likeness (QED) is 0.883. The molecule has 0 saturated carbocycles. The van der Waals surface area contributed by atoms with E-state index in [1.54, 1.807) is 0 Å². The zero-order valence-electron chi connectivity index (χ0n) is 8.37. The fourth-order valence-electron chi connectivity index (χ4n) is 1.36. The highest BCUT2D eigenvalue weighted by molar-refractivity contribution is 9.10. The lowest BCUT2D eigenvalue weighted by Gasteiger charge is -2.12. The Morgan fingerprint density at radius 1 is 1.36 bits per heavy atom. The topological polar surface area (TPSA) is 26.0 Å². The van der Waals surface area contributed by atoms with Crippen molar-refractivity contribution in [2.45, 2.75) is 32.2 Å². The first-order valence-electron chi connectivity index (χ1n) is 4.75. The van der Waals surface area contributed by atoms with Gasteiger partial charge in [-0.25, -0.2) is 0 Å². The Morgan fingerprint density at radius 3 is 2.57 bits per heavy atom.